The van der Waals surface area contributed by atoms with Crippen molar-refractivity contribution in [1.82, 2.24) is 4.57 Å². The number of rotatable bonds is 5. The summed E-state index contributed by atoms with van der Waals surface area (Å²) >= 11 is 0. The third kappa shape index (κ3) is 4.51. The lowest BCUT2D eigenvalue weighted by atomic mass is 9.98. The van der Waals surface area contributed by atoms with Gasteiger partial charge in [0.1, 0.15) is 11.2 Å². The minimum absolute atomic E-state index is 0.895. The van der Waals surface area contributed by atoms with Crippen LogP contribution in [0.15, 0.2) is 168 Å². The third-order valence-corrected chi connectivity index (χ3v) is 10.0. The van der Waals surface area contributed by atoms with Crippen LogP contribution in [0.4, 0.5) is 17.1 Å². The second-order valence-corrected chi connectivity index (χ2v) is 12.9. The predicted molar refractivity (Wildman–Crippen MR) is 206 cm³/mol. The molecule has 3 nitrogen and oxygen atoms in total. The number of furan rings is 1. The molecule has 0 spiro atoms. The van der Waals surface area contributed by atoms with Crippen LogP contribution in [0, 0.1) is 0 Å². The van der Waals surface area contributed by atoms with Gasteiger partial charge < -0.3 is 13.9 Å². The van der Waals surface area contributed by atoms with E-state index in [-0.39, 0.29) is 0 Å². The molecule has 3 heteroatoms. The van der Waals surface area contributed by atoms with Gasteiger partial charge in [0.15, 0.2) is 0 Å². The second kappa shape index (κ2) is 11.1. The van der Waals surface area contributed by atoms with Crippen molar-refractivity contribution in [2.75, 3.05) is 4.90 Å². The van der Waals surface area contributed by atoms with E-state index < -0.39 is 0 Å². The Labute approximate surface area is 284 Å². The van der Waals surface area contributed by atoms with Crippen LogP contribution in [0.2, 0.25) is 0 Å². The van der Waals surface area contributed by atoms with Crippen LogP contribution in [0.5, 0.6) is 0 Å². The van der Waals surface area contributed by atoms with Gasteiger partial charge in [0.2, 0.25) is 0 Å². The Hall–Kier alpha value is -6.32. The zero-order valence-electron chi connectivity index (χ0n) is 26.9. The average molecular weight is 629 g/mol. The molecule has 0 fully saturated rings. The molecule has 0 aliphatic heterocycles. The van der Waals surface area contributed by atoms with Gasteiger partial charge in [-0.1, -0.05) is 103 Å². The first-order chi connectivity index (χ1) is 24.3. The fourth-order valence-electron chi connectivity index (χ4n) is 7.76. The summed E-state index contributed by atoms with van der Waals surface area (Å²) in [7, 11) is 0. The fourth-order valence-corrected chi connectivity index (χ4v) is 7.76. The molecule has 232 valence electrons. The molecule has 0 unspecified atom stereocenters. The van der Waals surface area contributed by atoms with Gasteiger partial charge in [0.05, 0.1) is 11.2 Å². The van der Waals surface area contributed by atoms with Crippen LogP contribution >= 0.6 is 0 Å². The maximum Gasteiger partial charge on any atom is 0.135 e. The smallest absolute Gasteiger partial charge is 0.135 e. The van der Waals surface area contributed by atoms with Gasteiger partial charge in [0.25, 0.3) is 0 Å². The summed E-state index contributed by atoms with van der Waals surface area (Å²) in [4.78, 5) is 2.37. The molecule has 0 bridgehead atoms. The zero-order chi connectivity index (χ0) is 32.3. The van der Waals surface area contributed by atoms with Crippen LogP contribution in [0.25, 0.3) is 66.5 Å². The van der Waals surface area contributed by atoms with Crippen molar-refractivity contribution in [2.24, 2.45) is 0 Å². The molecule has 2 aromatic heterocycles. The van der Waals surface area contributed by atoms with Crippen molar-refractivity contribution in [3.8, 4) is 16.8 Å². The molecule has 0 radical (unpaired) electrons. The SMILES string of the molecule is C1=Cc2c(n(-c3ccccc3)c3ccc(-c4ccc(N(c5ccc6oc7ccccc7c6c5)c5cccc6ccccc56)cc4)cc23)CC1. The van der Waals surface area contributed by atoms with Gasteiger partial charge in [-0.3, -0.25) is 0 Å². The third-order valence-electron chi connectivity index (χ3n) is 10.0. The maximum absolute atomic E-state index is 6.20. The monoisotopic (exact) mass is 628 g/mol. The molecule has 0 saturated carbocycles. The summed E-state index contributed by atoms with van der Waals surface area (Å²) in [5, 5.41) is 5.96. The van der Waals surface area contributed by atoms with Gasteiger partial charge in [-0.05, 0) is 96.1 Å². The fraction of sp³-hybridized carbons (Fsp3) is 0.0435. The lowest BCUT2D eigenvalue weighted by Crippen LogP contribution is -2.10. The highest BCUT2D eigenvalue weighted by atomic mass is 16.3. The normalized spacial score (nSPS) is 12.7. The number of hydrogen-bond acceptors (Lipinski definition) is 2. The van der Waals surface area contributed by atoms with Crippen molar-refractivity contribution in [3.05, 3.63) is 175 Å². The van der Waals surface area contributed by atoms with Crippen molar-refractivity contribution >= 4 is 66.8 Å². The number of anilines is 3. The summed E-state index contributed by atoms with van der Waals surface area (Å²) in [6.07, 6.45) is 6.74. The van der Waals surface area contributed by atoms with E-state index in [1.165, 1.54) is 49.7 Å². The molecule has 1 aliphatic rings. The zero-order valence-corrected chi connectivity index (χ0v) is 26.9. The quantitative estimate of drug-likeness (QED) is 0.189. The Morgan fingerprint density at radius 1 is 0.531 bits per heavy atom. The molecule has 2 heterocycles. The second-order valence-electron chi connectivity index (χ2n) is 12.9. The lowest BCUT2D eigenvalue weighted by molar-refractivity contribution is 0.669. The Morgan fingerprint density at radius 3 is 2.16 bits per heavy atom. The van der Waals surface area contributed by atoms with Crippen LogP contribution in [-0.2, 0) is 6.42 Å². The summed E-state index contributed by atoms with van der Waals surface area (Å²) in [6.45, 7) is 0. The largest absolute Gasteiger partial charge is 0.456 e. The van der Waals surface area contributed by atoms with Crippen molar-refractivity contribution < 1.29 is 4.42 Å². The lowest BCUT2D eigenvalue weighted by Gasteiger charge is -2.27. The first-order valence-corrected chi connectivity index (χ1v) is 17.0. The van der Waals surface area contributed by atoms with Crippen molar-refractivity contribution in [3.63, 3.8) is 0 Å². The first kappa shape index (κ1) is 27.8. The van der Waals surface area contributed by atoms with E-state index in [0.717, 1.165) is 51.8 Å². The molecule has 0 amide bonds. The molecule has 0 saturated heterocycles. The first-order valence-electron chi connectivity index (χ1n) is 17.0. The number of hydrogen-bond donors (Lipinski definition) is 0. The molecule has 49 heavy (non-hydrogen) atoms. The maximum atomic E-state index is 6.20. The van der Waals surface area contributed by atoms with Crippen LogP contribution in [0.1, 0.15) is 17.7 Å². The number of para-hydroxylation sites is 2. The van der Waals surface area contributed by atoms with E-state index in [4.69, 9.17) is 4.42 Å². The molecule has 0 N–H and O–H groups in total. The molecular weight excluding hydrogens is 597 g/mol. The number of benzene rings is 7. The van der Waals surface area contributed by atoms with E-state index >= 15 is 0 Å². The van der Waals surface area contributed by atoms with Crippen molar-refractivity contribution in [2.45, 2.75) is 12.8 Å². The van der Waals surface area contributed by atoms with E-state index in [1.807, 2.05) is 12.1 Å². The molecular formula is C46H32N2O. The van der Waals surface area contributed by atoms with Crippen LogP contribution in [-0.4, -0.2) is 4.57 Å². The molecule has 0 atom stereocenters. The summed E-state index contributed by atoms with van der Waals surface area (Å²) in [5.74, 6) is 0. The molecule has 10 rings (SSSR count). The number of fused-ring (bicyclic) bond motifs is 7. The number of nitrogens with zero attached hydrogens (tertiary/aromatic N) is 2. The number of aromatic nitrogens is 1. The van der Waals surface area contributed by atoms with E-state index in [1.54, 1.807) is 0 Å². The Morgan fingerprint density at radius 2 is 1.27 bits per heavy atom. The summed E-state index contributed by atoms with van der Waals surface area (Å²) in [6, 6.07) is 56.7. The predicted octanol–water partition coefficient (Wildman–Crippen LogP) is 12.8. The highest BCUT2D eigenvalue weighted by molar-refractivity contribution is 6.07. The van der Waals surface area contributed by atoms with Gasteiger partial charge >= 0.3 is 0 Å². The Balaban J connectivity index is 1.11. The van der Waals surface area contributed by atoms with Crippen molar-refractivity contribution in [1.29, 1.82) is 0 Å². The molecule has 7 aromatic carbocycles. The number of allylic oxidation sites excluding steroid dienone is 1. The standard InChI is InChI=1S/C46H32N2O/c1-2-13-34(14-3-1)48-43-18-8-6-16-38(43)40-29-33(23-27-44(40)48)31-21-24-35(25-22-31)47(42-19-10-12-32-11-4-5-15-37(32)42)36-26-28-46-41(30-36)39-17-7-9-20-45(39)49-46/h1-7,9-17,19-30H,8,18H2. The highest BCUT2D eigenvalue weighted by Gasteiger charge is 2.20. The average Bonchev–Trinajstić information content (AvgIpc) is 3.71. The van der Waals surface area contributed by atoms with Gasteiger partial charge in [0, 0.05) is 49.9 Å². The van der Waals surface area contributed by atoms with E-state index in [2.05, 4.69) is 167 Å². The van der Waals surface area contributed by atoms with E-state index in [0.29, 0.717) is 0 Å². The summed E-state index contributed by atoms with van der Waals surface area (Å²) in [5.41, 5.74) is 12.8. The van der Waals surface area contributed by atoms with Crippen LogP contribution < -0.4 is 4.90 Å². The Bertz CT molecular complexity index is 2710. The minimum Gasteiger partial charge on any atom is -0.456 e. The van der Waals surface area contributed by atoms with Gasteiger partial charge in [-0.2, -0.15) is 0 Å². The van der Waals surface area contributed by atoms with Gasteiger partial charge in [-0.15, -0.1) is 0 Å². The summed E-state index contributed by atoms with van der Waals surface area (Å²) < 4.78 is 8.65. The topological polar surface area (TPSA) is 21.3 Å². The minimum atomic E-state index is 0.895. The molecule has 1 aliphatic carbocycles. The highest BCUT2D eigenvalue weighted by Crippen LogP contribution is 2.42. The Kier molecular flexibility index (Phi) is 6.31. The van der Waals surface area contributed by atoms with Crippen LogP contribution in [0.3, 0.4) is 0 Å². The van der Waals surface area contributed by atoms with Gasteiger partial charge in [-0.25, -0.2) is 0 Å². The molecule has 9 aromatic rings. The van der Waals surface area contributed by atoms with E-state index in [9.17, 15) is 0 Å².